The lowest BCUT2D eigenvalue weighted by Gasteiger charge is -2.17. The number of anilines is 1. The second-order valence-electron chi connectivity index (χ2n) is 4.97. The molecule has 0 bridgehead atoms. The van der Waals surface area contributed by atoms with Crippen molar-refractivity contribution in [1.82, 2.24) is 0 Å². The van der Waals surface area contributed by atoms with E-state index in [2.05, 4.69) is 6.58 Å². The predicted octanol–water partition coefficient (Wildman–Crippen LogP) is 2.35. The maximum absolute atomic E-state index is 11.9. The summed E-state index contributed by atoms with van der Waals surface area (Å²) in [7, 11) is 0. The van der Waals surface area contributed by atoms with Crippen molar-refractivity contribution >= 4 is 17.4 Å². The minimum atomic E-state index is 0.116. The number of hydrogen-bond donors (Lipinski definition) is 0. The van der Waals surface area contributed by atoms with Crippen LogP contribution in [0, 0.1) is 5.92 Å². The standard InChI is InChI=1S/C15H15NO2/c1-2-10-7-15(18)16(9-10)12-5-3-11-4-6-14(17)13(11)8-12/h2-3,5,8,10H,1,4,6-7,9H2. The molecule has 1 amide bonds. The van der Waals surface area contributed by atoms with E-state index in [1.54, 1.807) is 4.90 Å². The smallest absolute Gasteiger partial charge is 0.227 e. The SMILES string of the molecule is C=CC1CC(=O)N(c2ccc3c(c2)C(=O)CC3)C1. The van der Waals surface area contributed by atoms with Crippen molar-refractivity contribution in [2.75, 3.05) is 11.4 Å². The van der Waals surface area contributed by atoms with Crippen molar-refractivity contribution in [2.24, 2.45) is 5.92 Å². The van der Waals surface area contributed by atoms with E-state index in [4.69, 9.17) is 0 Å². The first-order valence-corrected chi connectivity index (χ1v) is 6.28. The lowest BCUT2D eigenvalue weighted by molar-refractivity contribution is -0.117. The van der Waals surface area contributed by atoms with Crippen LogP contribution < -0.4 is 4.90 Å². The third-order valence-corrected chi connectivity index (χ3v) is 3.82. The maximum Gasteiger partial charge on any atom is 0.227 e. The summed E-state index contributed by atoms with van der Waals surface area (Å²) in [6.45, 7) is 4.42. The molecule has 1 fully saturated rings. The van der Waals surface area contributed by atoms with Crippen molar-refractivity contribution in [1.29, 1.82) is 0 Å². The van der Waals surface area contributed by atoms with Gasteiger partial charge in [0.25, 0.3) is 0 Å². The van der Waals surface area contributed by atoms with Gasteiger partial charge in [-0.3, -0.25) is 9.59 Å². The summed E-state index contributed by atoms with van der Waals surface area (Å²) < 4.78 is 0. The Bertz CT molecular complexity index is 547. The molecule has 1 aliphatic carbocycles. The van der Waals surface area contributed by atoms with Crippen LogP contribution in [0.25, 0.3) is 0 Å². The highest BCUT2D eigenvalue weighted by atomic mass is 16.2. The minimum Gasteiger partial charge on any atom is -0.312 e. The zero-order valence-electron chi connectivity index (χ0n) is 10.2. The number of carbonyl (C=O) groups is 2. The molecule has 2 aliphatic rings. The van der Waals surface area contributed by atoms with E-state index >= 15 is 0 Å². The number of fused-ring (bicyclic) bond motifs is 1. The third-order valence-electron chi connectivity index (χ3n) is 3.82. The highest BCUT2D eigenvalue weighted by molar-refractivity contribution is 6.03. The van der Waals surface area contributed by atoms with Gasteiger partial charge in [0.1, 0.15) is 0 Å². The fourth-order valence-corrected chi connectivity index (χ4v) is 2.74. The minimum absolute atomic E-state index is 0.116. The Morgan fingerprint density at radius 2 is 2.11 bits per heavy atom. The zero-order chi connectivity index (χ0) is 12.7. The number of nitrogens with zero attached hydrogens (tertiary/aromatic N) is 1. The number of ketones is 1. The fraction of sp³-hybridized carbons (Fsp3) is 0.333. The first-order valence-electron chi connectivity index (χ1n) is 6.28. The number of benzene rings is 1. The summed E-state index contributed by atoms with van der Waals surface area (Å²) in [5, 5.41) is 0. The average Bonchev–Trinajstić information content (AvgIpc) is 2.93. The predicted molar refractivity (Wildman–Crippen MR) is 69.8 cm³/mol. The first kappa shape index (κ1) is 11.2. The lowest BCUT2D eigenvalue weighted by atomic mass is 10.1. The van der Waals surface area contributed by atoms with Crippen LogP contribution >= 0.6 is 0 Å². The molecule has 1 atom stereocenters. The van der Waals surface area contributed by atoms with Gasteiger partial charge in [0.15, 0.2) is 5.78 Å². The molecule has 1 aliphatic heterocycles. The van der Waals surface area contributed by atoms with Crippen LogP contribution in [0.5, 0.6) is 0 Å². The Morgan fingerprint density at radius 3 is 2.83 bits per heavy atom. The third kappa shape index (κ3) is 1.67. The Labute approximate surface area is 106 Å². The normalized spacial score (nSPS) is 22.4. The summed E-state index contributed by atoms with van der Waals surface area (Å²) >= 11 is 0. The van der Waals surface area contributed by atoms with Crippen molar-refractivity contribution in [3.8, 4) is 0 Å². The number of hydrogen-bond acceptors (Lipinski definition) is 2. The number of carbonyl (C=O) groups excluding carboxylic acids is 2. The van der Waals surface area contributed by atoms with Gasteiger partial charge in [-0.2, -0.15) is 0 Å². The summed E-state index contributed by atoms with van der Waals surface area (Å²) in [6, 6.07) is 5.79. The molecule has 1 saturated heterocycles. The van der Waals surface area contributed by atoms with E-state index in [1.807, 2.05) is 24.3 Å². The summed E-state index contributed by atoms with van der Waals surface area (Å²) in [5.74, 6) is 0.533. The molecule has 1 aromatic carbocycles. The number of aryl methyl sites for hydroxylation is 1. The van der Waals surface area contributed by atoms with Gasteiger partial charge in [0.2, 0.25) is 5.91 Å². The molecular weight excluding hydrogens is 226 g/mol. The molecule has 1 aromatic rings. The van der Waals surface area contributed by atoms with Gasteiger partial charge in [0, 0.05) is 36.6 Å². The monoisotopic (exact) mass is 241 g/mol. The summed E-state index contributed by atoms with van der Waals surface area (Å²) in [6.07, 6.45) is 3.78. The van der Waals surface area contributed by atoms with Gasteiger partial charge in [0.05, 0.1) is 0 Å². The van der Waals surface area contributed by atoms with E-state index in [1.165, 1.54) is 0 Å². The molecule has 0 saturated carbocycles. The van der Waals surface area contributed by atoms with Gasteiger partial charge in [-0.1, -0.05) is 12.1 Å². The van der Waals surface area contributed by atoms with Crippen LogP contribution in [0.4, 0.5) is 5.69 Å². The van der Waals surface area contributed by atoms with Gasteiger partial charge in [-0.05, 0) is 24.1 Å². The van der Waals surface area contributed by atoms with Crippen LogP contribution in [0.3, 0.4) is 0 Å². The second kappa shape index (κ2) is 4.09. The van der Waals surface area contributed by atoms with E-state index in [9.17, 15) is 9.59 Å². The molecular formula is C15H15NO2. The second-order valence-corrected chi connectivity index (χ2v) is 4.97. The van der Waals surface area contributed by atoms with E-state index in [0.29, 0.717) is 19.4 Å². The Balaban J connectivity index is 1.94. The first-order chi connectivity index (χ1) is 8.69. The van der Waals surface area contributed by atoms with Crippen molar-refractivity contribution in [3.05, 3.63) is 42.0 Å². The lowest BCUT2D eigenvalue weighted by Crippen LogP contribution is -2.24. The van der Waals surface area contributed by atoms with Gasteiger partial charge < -0.3 is 4.90 Å². The van der Waals surface area contributed by atoms with Crippen molar-refractivity contribution in [2.45, 2.75) is 19.3 Å². The molecule has 3 nitrogen and oxygen atoms in total. The van der Waals surface area contributed by atoms with Crippen LogP contribution in [-0.2, 0) is 11.2 Å². The molecule has 92 valence electrons. The molecule has 1 heterocycles. The quantitative estimate of drug-likeness (QED) is 0.745. The van der Waals surface area contributed by atoms with Crippen LogP contribution in [0.15, 0.2) is 30.9 Å². The fourth-order valence-electron chi connectivity index (χ4n) is 2.74. The number of amides is 1. The van der Waals surface area contributed by atoms with Crippen LogP contribution in [-0.4, -0.2) is 18.2 Å². The highest BCUT2D eigenvalue weighted by Gasteiger charge is 2.30. The van der Waals surface area contributed by atoms with E-state index in [-0.39, 0.29) is 17.6 Å². The molecule has 1 unspecified atom stereocenters. The molecule has 18 heavy (non-hydrogen) atoms. The number of Topliss-reactive ketones (excluding diaryl/α,β-unsaturated/α-hetero) is 1. The zero-order valence-corrected chi connectivity index (χ0v) is 10.2. The maximum atomic E-state index is 11.9. The van der Waals surface area contributed by atoms with Crippen molar-refractivity contribution in [3.63, 3.8) is 0 Å². The van der Waals surface area contributed by atoms with Crippen LogP contribution in [0.2, 0.25) is 0 Å². The van der Waals surface area contributed by atoms with Gasteiger partial charge in [-0.15, -0.1) is 6.58 Å². The Kier molecular flexibility index (Phi) is 2.54. The van der Waals surface area contributed by atoms with Gasteiger partial charge >= 0.3 is 0 Å². The molecule has 0 aromatic heterocycles. The molecule has 0 radical (unpaired) electrons. The molecule has 3 heteroatoms. The van der Waals surface area contributed by atoms with E-state index in [0.717, 1.165) is 23.2 Å². The Hall–Kier alpha value is -1.90. The van der Waals surface area contributed by atoms with Crippen molar-refractivity contribution < 1.29 is 9.59 Å². The summed E-state index contributed by atoms with van der Waals surface area (Å²) in [5.41, 5.74) is 2.75. The number of rotatable bonds is 2. The van der Waals surface area contributed by atoms with E-state index < -0.39 is 0 Å². The molecule has 3 rings (SSSR count). The summed E-state index contributed by atoms with van der Waals surface area (Å²) in [4.78, 5) is 25.4. The average molecular weight is 241 g/mol. The van der Waals surface area contributed by atoms with Gasteiger partial charge in [-0.25, -0.2) is 0 Å². The topological polar surface area (TPSA) is 37.4 Å². The van der Waals surface area contributed by atoms with Crippen LogP contribution in [0.1, 0.15) is 28.8 Å². The highest BCUT2D eigenvalue weighted by Crippen LogP contribution is 2.30. The molecule has 0 spiro atoms. The largest absolute Gasteiger partial charge is 0.312 e. The Morgan fingerprint density at radius 1 is 1.28 bits per heavy atom. The molecule has 0 N–H and O–H groups in total.